The maximum atomic E-state index is 11.5. The maximum absolute atomic E-state index is 11.5. The molecule has 40 heavy (non-hydrogen) atoms. The lowest BCUT2D eigenvalue weighted by molar-refractivity contribution is 0.211. The number of nitriles is 1. The van der Waals surface area contributed by atoms with E-state index in [4.69, 9.17) is 19.3 Å². The van der Waals surface area contributed by atoms with E-state index in [1.165, 1.54) is 0 Å². The molecule has 0 aliphatic carbocycles. The lowest BCUT2D eigenvalue weighted by Gasteiger charge is -2.32. The Hall–Kier alpha value is -4.24. The first kappa shape index (κ1) is 27.3. The average Bonchev–Trinajstić information content (AvgIpc) is 3.47. The number of rotatable bonds is 8. The molecule has 0 saturated carbocycles. The van der Waals surface area contributed by atoms with Gasteiger partial charge in [0.1, 0.15) is 5.75 Å². The molecule has 1 aliphatic heterocycles. The van der Waals surface area contributed by atoms with Crippen molar-refractivity contribution < 1.29 is 17.6 Å². The first-order valence-electron chi connectivity index (χ1n) is 12.9. The van der Waals surface area contributed by atoms with Crippen LogP contribution in [-0.4, -0.2) is 42.4 Å². The van der Waals surface area contributed by atoms with Gasteiger partial charge in [-0.1, -0.05) is 12.1 Å². The van der Waals surface area contributed by atoms with Crippen molar-refractivity contribution in [2.24, 2.45) is 5.14 Å². The van der Waals surface area contributed by atoms with E-state index in [1.54, 1.807) is 55.0 Å². The smallest absolute Gasteiger partial charge is 0.238 e. The minimum atomic E-state index is -3.70. The lowest BCUT2D eigenvalue weighted by atomic mass is 10.0. The Morgan fingerprint density at radius 1 is 1.10 bits per heavy atom. The molecule has 1 saturated heterocycles. The summed E-state index contributed by atoms with van der Waals surface area (Å²) in [6.07, 6.45) is 5.00. The van der Waals surface area contributed by atoms with Crippen LogP contribution in [0.25, 0.3) is 11.3 Å². The van der Waals surface area contributed by atoms with Crippen LogP contribution in [0.4, 0.5) is 5.95 Å². The zero-order chi connectivity index (χ0) is 28.3. The van der Waals surface area contributed by atoms with Crippen molar-refractivity contribution in [2.45, 2.75) is 44.2 Å². The van der Waals surface area contributed by atoms with Gasteiger partial charge in [0.25, 0.3) is 0 Å². The standard InChI is InChI=1S/C29H30N6O4S/c1-19-13-22(16-30)14-20(2)28(19)39-27-15-26(23-9-12-38-18-23)33-29(34-27)32-24-7-10-35(11-8-24)17-21-3-5-25(6-4-21)40(31,36)37/h3-6,9,12-15,18,24H,7-8,10-11,17H2,1-2H3,(H2,31,36,37)(H,32,33,34). The Balaban J connectivity index is 1.28. The quantitative estimate of drug-likeness (QED) is 0.313. The average molecular weight is 559 g/mol. The molecule has 2 aromatic heterocycles. The fraction of sp³-hybridized carbons (Fsp3) is 0.276. The van der Waals surface area contributed by atoms with E-state index < -0.39 is 10.0 Å². The van der Waals surface area contributed by atoms with Crippen LogP contribution in [0.1, 0.15) is 35.1 Å². The second-order valence-electron chi connectivity index (χ2n) is 9.96. The molecule has 2 aromatic carbocycles. The Morgan fingerprint density at radius 2 is 1.80 bits per heavy atom. The van der Waals surface area contributed by atoms with Gasteiger partial charge in [0, 0.05) is 37.3 Å². The molecule has 5 rings (SSSR count). The summed E-state index contributed by atoms with van der Waals surface area (Å²) in [4.78, 5) is 11.8. The number of nitrogens with zero attached hydrogens (tertiary/aromatic N) is 4. The number of piperidine rings is 1. The van der Waals surface area contributed by atoms with E-state index in [2.05, 4.69) is 21.3 Å². The molecule has 206 valence electrons. The first-order chi connectivity index (χ1) is 19.2. The van der Waals surface area contributed by atoms with E-state index in [-0.39, 0.29) is 10.9 Å². The number of furan rings is 1. The van der Waals surface area contributed by atoms with Gasteiger partial charge >= 0.3 is 0 Å². The van der Waals surface area contributed by atoms with Crippen molar-refractivity contribution in [3.05, 3.63) is 83.3 Å². The van der Waals surface area contributed by atoms with Gasteiger partial charge in [-0.3, -0.25) is 4.90 Å². The van der Waals surface area contributed by atoms with Crippen molar-refractivity contribution in [3.8, 4) is 29.0 Å². The van der Waals surface area contributed by atoms with Crippen LogP contribution in [0.2, 0.25) is 0 Å². The van der Waals surface area contributed by atoms with Crippen LogP contribution >= 0.6 is 0 Å². The van der Waals surface area contributed by atoms with E-state index in [0.29, 0.717) is 28.8 Å². The van der Waals surface area contributed by atoms with E-state index >= 15 is 0 Å². The fourth-order valence-electron chi connectivity index (χ4n) is 4.84. The van der Waals surface area contributed by atoms with Crippen LogP contribution in [-0.2, 0) is 16.6 Å². The van der Waals surface area contributed by atoms with Crippen LogP contribution in [0.3, 0.4) is 0 Å². The minimum absolute atomic E-state index is 0.115. The van der Waals surface area contributed by atoms with Gasteiger partial charge < -0.3 is 14.5 Å². The van der Waals surface area contributed by atoms with Crippen LogP contribution in [0.5, 0.6) is 11.6 Å². The minimum Gasteiger partial charge on any atom is -0.472 e. The van der Waals surface area contributed by atoms with Crippen LogP contribution in [0, 0.1) is 25.2 Å². The molecule has 1 aliphatic rings. The summed E-state index contributed by atoms with van der Waals surface area (Å²) in [5, 5.41) is 18.0. The molecule has 10 nitrogen and oxygen atoms in total. The van der Waals surface area contributed by atoms with E-state index in [0.717, 1.165) is 54.7 Å². The largest absolute Gasteiger partial charge is 0.472 e. The maximum Gasteiger partial charge on any atom is 0.238 e. The molecule has 0 spiro atoms. The Bertz CT molecular complexity index is 1620. The lowest BCUT2D eigenvalue weighted by Crippen LogP contribution is -2.39. The highest BCUT2D eigenvalue weighted by Crippen LogP contribution is 2.32. The molecular formula is C29H30N6O4S. The number of primary sulfonamides is 1. The third-order valence-electron chi connectivity index (χ3n) is 6.89. The number of aryl methyl sites for hydroxylation is 2. The predicted octanol–water partition coefficient (Wildman–Crippen LogP) is 4.74. The molecule has 3 N–H and O–H groups in total. The number of likely N-dealkylation sites (tertiary alicyclic amines) is 1. The molecule has 4 aromatic rings. The monoisotopic (exact) mass is 558 g/mol. The molecule has 0 bridgehead atoms. The second kappa shape index (κ2) is 11.5. The van der Waals surface area contributed by atoms with E-state index in [1.807, 2.05) is 19.9 Å². The van der Waals surface area contributed by atoms with Crippen LogP contribution < -0.4 is 15.2 Å². The van der Waals surface area contributed by atoms with Gasteiger partial charge in [-0.2, -0.15) is 10.2 Å². The number of aromatic nitrogens is 2. The van der Waals surface area contributed by atoms with Crippen molar-refractivity contribution >= 4 is 16.0 Å². The highest BCUT2D eigenvalue weighted by molar-refractivity contribution is 7.89. The van der Waals surface area contributed by atoms with Crippen molar-refractivity contribution in [3.63, 3.8) is 0 Å². The number of sulfonamides is 1. The van der Waals surface area contributed by atoms with Crippen LogP contribution in [0.15, 0.2) is 70.4 Å². The fourth-order valence-corrected chi connectivity index (χ4v) is 5.36. The SMILES string of the molecule is Cc1cc(C#N)cc(C)c1Oc1cc(-c2ccoc2)nc(NC2CCN(Cc3ccc(S(N)(=O)=O)cc3)CC2)n1. The molecule has 0 amide bonds. The van der Waals surface area contributed by atoms with Gasteiger partial charge in [-0.25, -0.2) is 18.5 Å². The zero-order valence-corrected chi connectivity index (χ0v) is 23.1. The predicted molar refractivity (Wildman–Crippen MR) is 150 cm³/mol. The zero-order valence-electron chi connectivity index (χ0n) is 22.3. The number of anilines is 1. The highest BCUT2D eigenvalue weighted by Gasteiger charge is 2.21. The van der Waals surface area contributed by atoms with E-state index in [9.17, 15) is 13.7 Å². The van der Waals surface area contributed by atoms with Crippen molar-refractivity contribution in [2.75, 3.05) is 18.4 Å². The van der Waals surface area contributed by atoms with Gasteiger partial charge in [0.2, 0.25) is 21.9 Å². The molecule has 0 atom stereocenters. The summed E-state index contributed by atoms with van der Waals surface area (Å²) in [6, 6.07) is 16.2. The molecule has 0 radical (unpaired) electrons. The number of hydrogen-bond donors (Lipinski definition) is 2. The topological polar surface area (TPSA) is 147 Å². The summed E-state index contributed by atoms with van der Waals surface area (Å²) >= 11 is 0. The normalized spacial score (nSPS) is 14.6. The number of nitrogens with two attached hydrogens (primary N) is 1. The third-order valence-corrected chi connectivity index (χ3v) is 7.82. The van der Waals surface area contributed by atoms with Gasteiger partial charge in [-0.05, 0) is 73.7 Å². The summed E-state index contributed by atoms with van der Waals surface area (Å²) in [6.45, 7) is 6.27. The first-order valence-corrected chi connectivity index (χ1v) is 14.4. The molecule has 0 unspecified atom stereocenters. The number of ether oxygens (including phenoxy) is 1. The number of benzene rings is 2. The second-order valence-corrected chi connectivity index (χ2v) is 11.5. The Labute approximate surface area is 233 Å². The Morgan fingerprint density at radius 3 is 2.40 bits per heavy atom. The third kappa shape index (κ3) is 6.48. The van der Waals surface area contributed by atoms with Crippen molar-refractivity contribution in [1.82, 2.24) is 14.9 Å². The summed E-state index contributed by atoms with van der Waals surface area (Å²) in [5.74, 6) is 1.52. The van der Waals surface area contributed by atoms with Gasteiger partial charge in [0.15, 0.2) is 0 Å². The number of nitrogens with one attached hydrogen (secondary N) is 1. The summed E-state index contributed by atoms with van der Waals surface area (Å²) in [5.41, 5.74) is 4.79. The molecular weight excluding hydrogens is 528 g/mol. The highest BCUT2D eigenvalue weighted by atomic mass is 32.2. The summed E-state index contributed by atoms with van der Waals surface area (Å²) < 4.78 is 34.5. The molecule has 3 heterocycles. The molecule has 1 fully saturated rings. The molecule has 11 heteroatoms. The van der Waals surface area contributed by atoms with Gasteiger partial charge in [-0.15, -0.1) is 0 Å². The summed E-state index contributed by atoms with van der Waals surface area (Å²) in [7, 11) is -3.70. The Kier molecular flexibility index (Phi) is 7.84. The van der Waals surface area contributed by atoms with Crippen molar-refractivity contribution in [1.29, 1.82) is 5.26 Å². The number of hydrogen-bond acceptors (Lipinski definition) is 9. The van der Waals surface area contributed by atoms with Gasteiger partial charge in [0.05, 0.1) is 34.7 Å².